The number of nitrogens with zero attached hydrogens (tertiary/aromatic N) is 2. The maximum atomic E-state index is 12.4. The standard InChI is InChI=1S/C12H14ClN3O5S3/c1-8-9(13)4-3-5-10(8)24(19,20)16-12-14-11(15-22-12)6-7-21-23(2,17)18/h3-5H,6-7H2,1-2H3,(H,14,15,16). The van der Waals surface area contributed by atoms with Gasteiger partial charge < -0.3 is 0 Å². The van der Waals surface area contributed by atoms with Crippen LogP contribution in [0.3, 0.4) is 0 Å². The van der Waals surface area contributed by atoms with Crippen molar-refractivity contribution in [3.05, 3.63) is 34.6 Å². The largest absolute Gasteiger partial charge is 0.270 e. The molecule has 0 saturated heterocycles. The second-order valence-electron chi connectivity index (χ2n) is 4.76. The van der Waals surface area contributed by atoms with E-state index >= 15 is 0 Å². The fourth-order valence-corrected chi connectivity index (χ4v) is 4.45. The predicted octanol–water partition coefficient (Wildman–Crippen LogP) is 1.82. The highest BCUT2D eigenvalue weighted by Gasteiger charge is 2.20. The minimum atomic E-state index is -3.85. The van der Waals surface area contributed by atoms with Crippen LogP contribution in [-0.4, -0.2) is 39.1 Å². The van der Waals surface area contributed by atoms with Crippen LogP contribution in [0.2, 0.25) is 5.02 Å². The lowest BCUT2D eigenvalue weighted by Crippen LogP contribution is -2.14. The van der Waals surface area contributed by atoms with Crippen LogP contribution in [0, 0.1) is 6.92 Å². The number of nitrogens with one attached hydrogen (secondary N) is 1. The topological polar surface area (TPSA) is 115 Å². The van der Waals surface area contributed by atoms with Crippen molar-refractivity contribution < 1.29 is 21.0 Å². The summed E-state index contributed by atoms with van der Waals surface area (Å²) in [5.74, 6) is 0.282. The molecular formula is C12H14ClN3O5S3. The average molecular weight is 412 g/mol. The molecule has 0 saturated carbocycles. The molecule has 1 aromatic heterocycles. The number of sulfonamides is 1. The second-order valence-corrected chi connectivity index (χ2v) is 9.21. The van der Waals surface area contributed by atoms with E-state index in [9.17, 15) is 16.8 Å². The van der Waals surface area contributed by atoms with Gasteiger partial charge in [0.05, 0.1) is 17.8 Å². The van der Waals surface area contributed by atoms with Crippen molar-refractivity contribution >= 4 is 48.4 Å². The summed E-state index contributed by atoms with van der Waals surface area (Å²) in [6.45, 7) is 1.49. The van der Waals surface area contributed by atoms with Crippen molar-refractivity contribution in [3.8, 4) is 0 Å². The minimum absolute atomic E-state index is 0.0483. The SMILES string of the molecule is Cc1c(Cl)cccc1S(=O)(=O)Nc1nc(CCOS(C)(=O)=O)ns1. The van der Waals surface area contributed by atoms with E-state index in [2.05, 4.69) is 18.3 Å². The summed E-state index contributed by atoms with van der Waals surface area (Å²) < 4.78 is 57.4. The average Bonchev–Trinajstić information content (AvgIpc) is 2.87. The van der Waals surface area contributed by atoms with E-state index in [0.29, 0.717) is 10.6 Å². The predicted molar refractivity (Wildman–Crippen MR) is 91.4 cm³/mol. The van der Waals surface area contributed by atoms with Gasteiger partial charge in [-0.1, -0.05) is 17.7 Å². The van der Waals surface area contributed by atoms with Crippen LogP contribution in [0.1, 0.15) is 11.4 Å². The van der Waals surface area contributed by atoms with E-state index in [0.717, 1.165) is 17.8 Å². The van der Waals surface area contributed by atoms with Crippen molar-refractivity contribution in [2.75, 3.05) is 17.6 Å². The van der Waals surface area contributed by atoms with Gasteiger partial charge in [0.25, 0.3) is 20.1 Å². The summed E-state index contributed by atoms with van der Waals surface area (Å²) in [5.41, 5.74) is 0.429. The van der Waals surface area contributed by atoms with Gasteiger partial charge >= 0.3 is 0 Å². The Morgan fingerprint density at radius 3 is 2.67 bits per heavy atom. The molecule has 0 aliphatic carbocycles. The quantitative estimate of drug-likeness (QED) is 0.690. The highest BCUT2D eigenvalue weighted by atomic mass is 35.5. The number of anilines is 1. The van der Waals surface area contributed by atoms with Gasteiger partial charge in [-0.25, -0.2) is 13.4 Å². The summed E-state index contributed by atoms with van der Waals surface area (Å²) >= 11 is 6.79. The highest BCUT2D eigenvalue weighted by Crippen LogP contribution is 2.25. The zero-order chi connectivity index (χ0) is 18.0. The first-order valence-electron chi connectivity index (χ1n) is 6.53. The normalized spacial score (nSPS) is 12.3. The molecule has 1 aromatic carbocycles. The first-order chi connectivity index (χ1) is 11.1. The molecule has 0 aliphatic rings. The molecule has 0 aliphatic heterocycles. The number of rotatable bonds is 7. The first-order valence-corrected chi connectivity index (χ1v) is 11.0. The number of hydrogen-bond donors (Lipinski definition) is 1. The molecule has 0 radical (unpaired) electrons. The maximum Gasteiger partial charge on any atom is 0.264 e. The van der Waals surface area contributed by atoms with E-state index < -0.39 is 20.1 Å². The van der Waals surface area contributed by atoms with Crippen molar-refractivity contribution in [1.82, 2.24) is 9.36 Å². The van der Waals surface area contributed by atoms with Crippen molar-refractivity contribution in [2.24, 2.45) is 0 Å². The van der Waals surface area contributed by atoms with Crippen LogP contribution in [0.5, 0.6) is 0 Å². The lowest BCUT2D eigenvalue weighted by molar-refractivity contribution is 0.323. The van der Waals surface area contributed by atoms with Crippen LogP contribution in [-0.2, 0) is 30.7 Å². The Morgan fingerprint density at radius 1 is 1.29 bits per heavy atom. The van der Waals surface area contributed by atoms with Gasteiger partial charge in [-0.3, -0.25) is 8.91 Å². The molecule has 1 N–H and O–H groups in total. The molecule has 0 atom stereocenters. The lowest BCUT2D eigenvalue weighted by atomic mass is 10.2. The summed E-state index contributed by atoms with van der Waals surface area (Å²) in [6, 6.07) is 4.57. The van der Waals surface area contributed by atoms with Crippen molar-refractivity contribution in [1.29, 1.82) is 0 Å². The van der Waals surface area contributed by atoms with Crippen LogP contribution < -0.4 is 4.72 Å². The maximum absolute atomic E-state index is 12.4. The summed E-state index contributed by atoms with van der Waals surface area (Å²) in [6.07, 6.45) is 1.08. The molecule has 0 amide bonds. The van der Waals surface area contributed by atoms with Gasteiger partial charge in [0.1, 0.15) is 5.82 Å². The Labute approximate surface area is 149 Å². The first kappa shape index (κ1) is 19.1. The third-order valence-electron chi connectivity index (χ3n) is 2.82. The molecule has 24 heavy (non-hydrogen) atoms. The Hall–Kier alpha value is -1.27. The Morgan fingerprint density at radius 2 is 2.00 bits per heavy atom. The molecule has 132 valence electrons. The molecule has 0 fully saturated rings. The third kappa shape index (κ3) is 5.11. The Bertz CT molecular complexity index is 941. The molecule has 0 spiro atoms. The van der Waals surface area contributed by atoms with Gasteiger partial charge in [-0.2, -0.15) is 12.8 Å². The van der Waals surface area contributed by atoms with E-state index in [4.69, 9.17) is 11.6 Å². The minimum Gasteiger partial charge on any atom is -0.270 e. The summed E-state index contributed by atoms with van der Waals surface area (Å²) in [7, 11) is -7.39. The second kappa shape index (κ2) is 7.31. The summed E-state index contributed by atoms with van der Waals surface area (Å²) in [4.78, 5) is 4.05. The number of aromatic nitrogens is 2. The molecule has 0 unspecified atom stereocenters. The molecule has 8 nitrogen and oxygen atoms in total. The molecule has 0 bridgehead atoms. The van der Waals surface area contributed by atoms with E-state index in [-0.39, 0.29) is 28.9 Å². The van der Waals surface area contributed by atoms with E-state index in [1.54, 1.807) is 13.0 Å². The lowest BCUT2D eigenvalue weighted by Gasteiger charge is -2.08. The molecule has 12 heteroatoms. The zero-order valence-electron chi connectivity index (χ0n) is 12.7. The van der Waals surface area contributed by atoms with Gasteiger partial charge in [0, 0.05) is 23.0 Å². The zero-order valence-corrected chi connectivity index (χ0v) is 15.9. The Kier molecular flexibility index (Phi) is 5.81. The van der Waals surface area contributed by atoms with Crippen molar-refractivity contribution in [2.45, 2.75) is 18.2 Å². The van der Waals surface area contributed by atoms with Gasteiger partial charge in [-0.15, -0.1) is 0 Å². The van der Waals surface area contributed by atoms with Gasteiger partial charge in [-0.05, 0) is 24.6 Å². The molecule has 2 aromatic rings. The van der Waals surface area contributed by atoms with E-state index in [1.807, 2.05) is 0 Å². The van der Waals surface area contributed by atoms with Crippen LogP contribution in [0.15, 0.2) is 23.1 Å². The number of benzene rings is 1. The Balaban J connectivity index is 2.10. The van der Waals surface area contributed by atoms with Gasteiger partial charge in [0.2, 0.25) is 5.13 Å². The monoisotopic (exact) mass is 411 g/mol. The van der Waals surface area contributed by atoms with Crippen LogP contribution >= 0.6 is 23.1 Å². The van der Waals surface area contributed by atoms with Crippen LogP contribution in [0.4, 0.5) is 5.13 Å². The third-order valence-corrected chi connectivity index (χ3v) is 6.11. The van der Waals surface area contributed by atoms with Crippen molar-refractivity contribution in [3.63, 3.8) is 0 Å². The fraction of sp³-hybridized carbons (Fsp3) is 0.333. The van der Waals surface area contributed by atoms with Crippen LogP contribution in [0.25, 0.3) is 0 Å². The van der Waals surface area contributed by atoms with Gasteiger partial charge in [0.15, 0.2) is 0 Å². The number of hydrogen-bond acceptors (Lipinski definition) is 8. The number of halogens is 1. The molecular weight excluding hydrogens is 398 g/mol. The highest BCUT2D eigenvalue weighted by molar-refractivity contribution is 7.93. The smallest absolute Gasteiger partial charge is 0.264 e. The molecule has 1 heterocycles. The molecule has 2 rings (SSSR count). The summed E-state index contributed by atoms with van der Waals surface area (Å²) in [5, 5.41) is 0.414. The fourth-order valence-electron chi connectivity index (χ4n) is 1.73. The van der Waals surface area contributed by atoms with E-state index in [1.165, 1.54) is 12.1 Å².